The van der Waals surface area contributed by atoms with Crippen LogP contribution in [0.15, 0.2) is 84.9 Å². The molecule has 224 valence electrons. The molecule has 4 aromatic rings. The minimum atomic E-state index is -1.00. The zero-order valence-electron chi connectivity index (χ0n) is 24.9. The molecular formula is C36H40N2O5. The molecular weight excluding hydrogens is 540 g/mol. The number of carbonyl (C=O) groups is 1. The van der Waals surface area contributed by atoms with Crippen molar-refractivity contribution in [2.75, 3.05) is 13.2 Å². The van der Waals surface area contributed by atoms with Crippen LogP contribution in [0.4, 0.5) is 0 Å². The van der Waals surface area contributed by atoms with Crippen LogP contribution in [0.3, 0.4) is 0 Å². The van der Waals surface area contributed by atoms with Crippen LogP contribution in [0.1, 0.15) is 45.4 Å². The third-order valence-electron chi connectivity index (χ3n) is 7.66. The van der Waals surface area contributed by atoms with Crippen molar-refractivity contribution in [3.63, 3.8) is 0 Å². The molecule has 1 atom stereocenters. The minimum Gasteiger partial charge on any atom is -0.493 e. The van der Waals surface area contributed by atoms with Gasteiger partial charge < -0.3 is 25.1 Å². The van der Waals surface area contributed by atoms with E-state index in [9.17, 15) is 9.90 Å². The number of aryl methyl sites for hydroxylation is 2. The highest BCUT2D eigenvalue weighted by atomic mass is 16.5. The van der Waals surface area contributed by atoms with Crippen LogP contribution < -0.4 is 19.9 Å². The Morgan fingerprint density at radius 1 is 0.860 bits per heavy atom. The summed E-state index contributed by atoms with van der Waals surface area (Å²) < 4.78 is 18.5. The fourth-order valence-electron chi connectivity index (χ4n) is 5.36. The number of aliphatic carboxylic acids is 1. The Balaban J connectivity index is 1.38. The van der Waals surface area contributed by atoms with Crippen molar-refractivity contribution in [3.8, 4) is 17.2 Å². The maximum atomic E-state index is 11.6. The third kappa shape index (κ3) is 8.37. The lowest BCUT2D eigenvalue weighted by Gasteiger charge is -2.26. The minimum absolute atomic E-state index is 0.315. The molecule has 0 saturated carbocycles. The van der Waals surface area contributed by atoms with Gasteiger partial charge in [-0.05, 0) is 49.1 Å². The molecule has 4 aromatic carbocycles. The molecule has 7 nitrogen and oxygen atoms in total. The SMILES string of the molecule is Cc1cccc(COc2ccccc2CN(CC[C@H](N)C(=O)O)Cc2cc3c(cc2OCc2cccc(C)c2)OCC3)c1. The van der Waals surface area contributed by atoms with Crippen LogP contribution in [0.25, 0.3) is 0 Å². The zero-order chi connectivity index (χ0) is 30.2. The summed E-state index contributed by atoms with van der Waals surface area (Å²) >= 11 is 0. The van der Waals surface area contributed by atoms with Crippen molar-refractivity contribution >= 4 is 5.97 Å². The van der Waals surface area contributed by atoms with E-state index in [0.717, 1.165) is 51.5 Å². The van der Waals surface area contributed by atoms with Crippen LogP contribution in [0, 0.1) is 13.8 Å². The van der Waals surface area contributed by atoms with Gasteiger partial charge in [-0.3, -0.25) is 9.69 Å². The van der Waals surface area contributed by atoms with Crippen molar-refractivity contribution in [3.05, 3.63) is 124 Å². The van der Waals surface area contributed by atoms with Gasteiger partial charge >= 0.3 is 5.97 Å². The second-order valence-electron chi connectivity index (χ2n) is 11.3. The first kappa shape index (κ1) is 30.1. The summed E-state index contributed by atoms with van der Waals surface area (Å²) in [6.45, 7) is 7.29. The largest absolute Gasteiger partial charge is 0.493 e. The smallest absolute Gasteiger partial charge is 0.320 e. The van der Waals surface area contributed by atoms with Gasteiger partial charge in [-0.1, -0.05) is 77.9 Å². The molecule has 0 amide bonds. The molecule has 0 aliphatic carbocycles. The predicted octanol–water partition coefficient (Wildman–Crippen LogP) is 6.20. The number of nitrogens with zero attached hydrogens (tertiary/aromatic N) is 1. The summed E-state index contributed by atoms with van der Waals surface area (Å²) in [6, 6.07) is 27.8. The number of rotatable bonds is 14. The standard InChI is InChI=1S/C36H40N2O5/c1-25-7-5-9-27(17-25)23-42-33-12-4-3-11-30(33)21-38(15-13-32(37)36(39)40)22-31-19-29-14-16-41-34(29)20-35(31)43-24-28-10-6-8-26(2)18-28/h3-12,17-20,32H,13-16,21-24,37H2,1-2H3,(H,39,40)/t32-/m0/s1. The predicted molar refractivity (Wildman–Crippen MR) is 167 cm³/mol. The maximum Gasteiger partial charge on any atom is 0.320 e. The molecule has 5 rings (SSSR count). The van der Waals surface area contributed by atoms with E-state index in [0.29, 0.717) is 45.9 Å². The van der Waals surface area contributed by atoms with Gasteiger partial charge in [-0.25, -0.2) is 0 Å². The molecule has 3 N–H and O–H groups in total. The number of para-hydroxylation sites is 1. The highest BCUT2D eigenvalue weighted by Crippen LogP contribution is 2.35. The summed E-state index contributed by atoms with van der Waals surface area (Å²) in [7, 11) is 0. The van der Waals surface area contributed by atoms with Crippen LogP contribution in [-0.2, 0) is 37.5 Å². The molecule has 0 spiro atoms. The Hall–Kier alpha value is -4.33. The van der Waals surface area contributed by atoms with Gasteiger partial charge in [0, 0.05) is 43.2 Å². The number of fused-ring (bicyclic) bond motifs is 1. The molecule has 43 heavy (non-hydrogen) atoms. The van der Waals surface area contributed by atoms with Gasteiger partial charge in [0.05, 0.1) is 6.61 Å². The highest BCUT2D eigenvalue weighted by molar-refractivity contribution is 5.73. The van der Waals surface area contributed by atoms with Crippen LogP contribution in [0.2, 0.25) is 0 Å². The summed E-state index contributed by atoms with van der Waals surface area (Å²) in [4.78, 5) is 13.8. The molecule has 1 aliphatic rings. The number of hydrogen-bond acceptors (Lipinski definition) is 6. The van der Waals surface area contributed by atoms with Crippen LogP contribution in [-0.4, -0.2) is 35.2 Å². The number of nitrogens with two attached hydrogens (primary N) is 1. The van der Waals surface area contributed by atoms with Crippen molar-refractivity contribution in [2.45, 2.75) is 59.0 Å². The Bertz CT molecular complexity index is 1550. The van der Waals surface area contributed by atoms with E-state index in [1.807, 2.05) is 36.4 Å². The molecule has 0 aromatic heterocycles. The van der Waals surface area contributed by atoms with Gasteiger partial charge in [-0.15, -0.1) is 0 Å². The summed E-state index contributed by atoms with van der Waals surface area (Å²) in [6.07, 6.45) is 1.16. The average Bonchev–Trinajstić information content (AvgIpc) is 3.45. The Kier molecular flexibility index (Phi) is 9.97. The monoisotopic (exact) mass is 580 g/mol. The number of ether oxygens (including phenoxy) is 3. The van der Waals surface area contributed by atoms with Gasteiger partial charge in [-0.2, -0.15) is 0 Å². The molecule has 0 bridgehead atoms. The maximum absolute atomic E-state index is 11.6. The highest BCUT2D eigenvalue weighted by Gasteiger charge is 2.21. The second-order valence-corrected chi connectivity index (χ2v) is 11.3. The molecule has 0 radical (unpaired) electrons. The van der Waals surface area contributed by atoms with Crippen molar-refractivity contribution in [1.29, 1.82) is 0 Å². The number of hydrogen-bond donors (Lipinski definition) is 2. The van der Waals surface area contributed by atoms with Crippen molar-refractivity contribution < 1.29 is 24.1 Å². The van der Waals surface area contributed by atoms with Gasteiger partial charge in [0.1, 0.15) is 36.5 Å². The quantitative estimate of drug-likeness (QED) is 0.183. The Morgan fingerprint density at radius 2 is 1.51 bits per heavy atom. The zero-order valence-corrected chi connectivity index (χ0v) is 24.9. The number of carboxylic acid groups (broad SMARTS) is 1. The van der Waals surface area contributed by atoms with E-state index in [2.05, 4.69) is 67.3 Å². The normalized spacial score (nSPS) is 12.9. The van der Waals surface area contributed by atoms with Crippen molar-refractivity contribution in [1.82, 2.24) is 4.90 Å². The number of benzene rings is 4. The van der Waals surface area contributed by atoms with Crippen LogP contribution >= 0.6 is 0 Å². The Morgan fingerprint density at radius 3 is 2.19 bits per heavy atom. The van der Waals surface area contributed by atoms with E-state index in [-0.39, 0.29) is 0 Å². The molecule has 0 unspecified atom stereocenters. The lowest BCUT2D eigenvalue weighted by atomic mass is 10.1. The average molecular weight is 581 g/mol. The molecule has 1 heterocycles. The fraction of sp³-hybridized carbons (Fsp3) is 0.306. The fourth-order valence-corrected chi connectivity index (χ4v) is 5.36. The number of carboxylic acids is 1. The van der Waals surface area contributed by atoms with Gasteiger partial charge in [0.25, 0.3) is 0 Å². The van der Waals surface area contributed by atoms with E-state index < -0.39 is 12.0 Å². The summed E-state index contributed by atoms with van der Waals surface area (Å²) in [5.74, 6) is 1.42. The lowest BCUT2D eigenvalue weighted by molar-refractivity contribution is -0.138. The topological polar surface area (TPSA) is 94.3 Å². The molecule has 0 fully saturated rings. The molecule has 7 heteroatoms. The van der Waals surface area contributed by atoms with E-state index in [1.165, 1.54) is 11.1 Å². The van der Waals surface area contributed by atoms with Crippen molar-refractivity contribution in [2.24, 2.45) is 5.73 Å². The Labute approximate surface area is 253 Å². The van der Waals surface area contributed by atoms with Gasteiger partial charge in [0.2, 0.25) is 0 Å². The first-order valence-corrected chi connectivity index (χ1v) is 14.8. The van der Waals surface area contributed by atoms with Gasteiger partial charge in [0.15, 0.2) is 0 Å². The third-order valence-corrected chi connectivity index (χ3v) is 7.66. The summed E-state index contributed by atoms with van der Waals surface area (Å²) in [5.41, 5.74) is 13.7. The lowest BCUT2D eigenvalue weighted by Crippen LogP contribution is -2.35. The van der Waals surface area contributed by atoms with E-state index in [1.54, 1.807) is 0 Å². The molecule has 0 saturated heterocycles. The van der Waals surface area contributed by atoms with E-state index >= 15 is 0 Å². The first-order valence-electron chi connectivity index (χ1n) is 14.8. The van der Waals surface area contributed by atoms with E-state index in [4.69, 9.17) is 19.9 Å². The first-order chi connectivity index (χ1) is 20.8. The van der Waals surface area contributed by atoms with Crippen LogP contribution in [0.5, 0.6) is 17.2 Å². The molecule has 1 aliphatic heterocycles. The second kappa shape index (κ2) is 14.2. The summed E-state index contributed by atoms with van der Waals surface area (Å²) in [5, 5.41) is 9.47.